The molecule has 1 aromatic heterocycles. The highest BCUT2D eigenvalue weighted by molar-refractivity contribution is 5.03. The van der Waals surface area contributed by atoms with E-state index in [-0.39, 0.29) is 6.04 Å². The molecule has 0 radical (unpaired) electrons. The van der Waals surface area contributed by atoms with E-state index in [9.17, 15) is 8.78 Å². The van der Waals surface area contributed by atoms with Gasteiger partial charge in [-0.1, -0.05) is 0 Å². The first-order valence-electron chi connectivity index (χ1n) is 3.20. The van der Waals surface area contributed by atoms with Crippen LogP contribution in [0.2, 0.25) is 0 Å². The normalized spacial score (nSPS) is 13.9. The van der Waals surface area contributed by atoms with Crippen molar-refractivity contribution in [3.63, 3.8) is 0 Å². The number of aromatic nitrogens is 2. The van der Waals surface area contributed by atoms with Crippen LogP contribution in [-0.2, 0) is 0 Å². The summed E-state index contributed by atoms with van der Waals surface area (Å²) in [5.41, 5.74) is 5.88. The Kier molecular flexibility index (Phi) is 2.19. The predicted octanol–water partition coefficient (Wildman–Crippen LogP) is 1.30. The van der Waals surface area contributed by atoms with Crippen molar-refractivity contribution in [2.75, 3.05) is 0 Å². The van der Waals surface area contributed by atoms with E-state index in [4.69, 9.17) is 5.73 Å². The third-order valence-electron chi connectivity index (χ3n) is 1.30. The number of hydrogen-bond acceptors (Lipinski definition) is 2. The molecule has 0 fully saturated rings. The fraction of sp³-hybridized carbons (Fsp3) is 0.500. The molecule has 62 valence electrons. The van der Waals surface area contributed by atoms with E-state index in [2.05, 4.69) is 5.10 Å². The van der Waals surface area contributed by atoms with E-state index >= 15 is 0 Å². The molecular formula is C6H9F2N3. The zero-order valence-corrected chi connectivity index (χ0v) is 6.04. The zero-order chi connectivity index (χ0) is 8.43. The Morgan fingerprint density at radius 2 is 2.27 bits per heavy atom. The van der Waals surface area contributed by atoms with Crippen LogP contribution in [0, 0.1) is 0 Å². The molecule has 3 nitrogen and oxygen atoms in total. The minimum absolute atomic E-state index is 0.296. The summed E-state index contributed by atoms with van der Waals surface area (Å²) in [4.78, 5) is 0. The van der Waals surface area contributed by atoms with E-state index in [1.165, 1.54) is 12.3 Å². The molecule has 0 saturated carbocycles. The summed E-state index contributed by atoms with van der Waals surface area (Å²) < 4.78 is 24.4. The van der Waals surface area contributed by atoms with Gasteiger partial charge in [-0.25, -0.2) is 4.68 Å². The van der Waals surface area contributed by atoms with Crippen LogP contribution in [0.1, 0.15) is 25.2 Å². The molecule has 1 unspecified atom stereocenters. The van der Waals surface area contributed by atoms with E-state index in [0.29, 0.717) is 10.4 Å². The number of alkyl halides is 2. The summed E-state index contributed by atoms with van der Waals surface area (Å²) in [6.45, 7) is -0.888. The van der Waals surface area contributed by atoms with Gasteiger partial charge in [0, 0.05) is 12.2 Å². The lowest BCUT2D eigenvalue weighted by Crippen LogP contribution is -2.07. The molecule has 0 aromatic carbocycles. The molecular weight excluding hydrogens is 152 g/mol. The molecule has 1 heterocycles. The van der Waals surface area contributed by atoms with Crippen molar-refractivity contribution >= 4 is 0 Å². The fourth-order valence-corrected chi connectivity index (χ4v) is 0.704. The molecule has 0 aliphatic heterocycles. The van der Waals surface area contributed by atoms with E-state index in [0.717, 1.165) is 0 Å². The lowest BCUT2D eigenvalue weighted by atomic mass is 10.3. The van der Waals surface area contributed by atoms with Gasteiger partial charge in [0.1, 0.15) is 0 Å². The highest BCUT2D eigenvalue weighted by atomic mass is 19.3. The van der Waals surface area contributed by atoms with Gasteiger partial charge in [0.05, 0.1) is 5.69 Å². The predicted molar refractivity (Wildman–Crippen MR) is 36.1 cm³/mol. The second kappa shape index (κ2) is 2.96. The third-order valence-corrected chi connectivity index (χ3v) is 1.30. The second-order valence-electron chi connectivity index (χ2n) is 2.29. The van der Waals surface area contributed by atoms with Crippen LogP contribution < -0.4 is 5.73 Å². The Labute approximate surface area is 62.8 Å². The fourth-order valence-electron chi connectivity index (χ4n) is 0.704. The molecule has 0 saturated heterocycles. The molecule has 0 aliphatic rings. The van der Waals surface area contributed by atoms with Crippen molar-refractivity contribution < 1.29 is 8.78 Å². The van der Waals surface area contributed by atoms with Crippen LogP contribution in [0.25, 0.3) is 0 Å². The number of nitrogens with two attached hydrogens (primary N) is 1. The maximum Gasteiger partial charge on any atom is 0.333 e. The van der Waals surface area contributed by atoms with Crippen molar-refractivity contribution in [3.8, 4) is 0 Å². The Bertz CT molecular complexity index is 209. The second-order valence-corrected chi connectivity index (χ2v) is 2.29. The number of nitrogens with zero attached hydrogens (tertiary/aromatic N) is 2. The average Bonchev–Trinajstić information content (AvgIpc) is 2.33. The highest BCUT2D eigenvalue weighted by Gasteiger charge is 2.08. The quantitative estimate of drug-likeness (QED) is 0.710. The van der Waals surface area contributed by atoms with Gasteiger partial charge in [0.15, 0.2) is 0 Å². The van der Waals surface area contributed by atoms with Crippen molar-refractivity contribution in [2.24, 2.45) is 5.73 Å². The van der Waals surface area contributed by atoms with E-state index in [1.54, 1.807) is 6.92 Å². The smallest absolute Gasteiger partial charge is 0.323 e. The van der Waals surface area contributed by atoms with Gasteiger partial charge in [-0.2, -0.15) is 13.9 Å². The van der Waals surface area contributed by atoms with Crippen LogP contribution in [-0.4, -0.2) is 9.78 Å². The van der Waals surface area contributed by atoms with Crippen LogP contribution in [0.4, 0.5) is 8.78 Å². The van der Waals surface area contributed by atoms with Crippen molar-refractivity contribution in [3.05, 3.63) is 18.0 Å². The Morgan fingerprint density at radius 3 is 2.55 bits per heavy atom. The number of halogens is 2. The summed E-state index contributed by atoms with van der Waals surface area (Å²) in [6.07, 6.45) is 1.21. The van der Waals surface area contributed by atoms with Gasteiger partial charge in [-0.3, -0.25) is 0 Å². The van der Waals surface area contributed by atoms with Gasteiger partial charge in [0.2, 0.25) is 0 Å². The topological polar surface area (TPSA) is 43.8 Å². The molecule has 0 bridgehead atoms. The molecule has 0 spiro atoms. The Balaban J connectivity index is 2.82. The zero-order valence-electron chi connectivity index (χ0n) is 6.04. The van der Waals surface area contributed by atoms with Gasteiger partial charge in [-0.05, 0) is 13.0 Å². The molecule has 1 aromatic rings. The summed E-state index contributed by atoms with van der Waals surface area (Å²) in [7, 11) is 0. The Hall–Kier alpha value is -0.970. The molecule has 0 amide bonds. The van der Waals surface area contributed by atoms with E-state index < -0.39 is 6.55 Å². The van der Waals surface area contributed by atoms with Crippen molar-refractivity contribution in [1.29, 1.82) is 0 Å². The van der Waals surface area contributed by atoms with E-state index in [1.807, 2.05) is 0 Å². The number of hydrogen-bond donors (Lipinski definition) is 1. The van der Waals surface area contributed by atoms with Crippen LogP contribution in [0.5, 0.6) is 0 Å². The van der Waals surface area contributed by atoms with Crippen LogP contribution >= 0.6 is 0 Å². The SMILES string of the molecule is CC(N)c1ccn(C(F)F)n1. The maximum atomic E-state index is 11.9. The summed E-state index contributed by atoms with van der Waals surface area (Å²) in [6, 6.07) is 1.19. The summed E-state index contributed by atoms with van der Waals surface area (Å²) in [5, 5.41) is 3.55. The molecule has 1 atom stereocenters. The van der Waals surface area contributed by atoms with Crippen LogP contribution in [0.15, 0.2) is 12.3 Å². The first kappa shape index (κ1) is 8.13. The molecule has 2 N–H and O–H groups in total. The van der Waals surface area contributed by atoms with Gasteiger partial charge in [0.25, 0.3) is 0 Å². The summed E-state index contributed by atoms with van der Waals surface area (Å²) in [5.74, 6) is 0. The first-order chi connectivity index (χ1) is 5.11. The van der Waals surface area contributed by atoms with Crippen LogP contribution in [0.3, 0.4) is 0 Å². The summed E-state index contributed by atoms with van der Waals surface area (Å²) >= 11 is 0. The molecule has 0 aliphatic carbocycles. The van der Waals surface area contributed by atoms with Gasteiger partial charge in [-0.15, -0.1) is 0 Å². The van der Waals surface area contributed by atoms with Gasteiger partial charge >= 0.3 is 6.55 Å². The standard InChI is InChI=1S/C6H9F2N3/c1-4(9)5-2-3-11(10-5)6(7)8/h2-4,6H,9H2,1H3. The minimum Gasteiger partial charge on any atom is -0.323 e. The first-order valence-corrected chi connectivity index (χ1v) is 3.20. The Morgan fingerprint density at radius 1 is 1.64 bits per heavy atom. The lowest BCUT2D eigenvalue weighted by molar-refractivity contribution is 0.0561. The van der Waals surface area contributed by atoms with Gasteiger partial charge < -0.3 is 5.73 Å². The molecule has 5 heteroatoms. The maximum absolute atomic E-state index is 11.9. The third kappa shape index (κ3) is 1.74. The molecule has 1 rings (SSSR count). The lowest BCUT2D eigenvalue weighted by Gasteiger charge is -1.99. The minimum atomic E-state index is -2.58. The largest absolute Gasteiger partial charge is 0.333 e. The van der Waals surface area contributed by atoms with Crippen molar-refractivity contribution in [2.45, 2.75) is 19.5 Å². The monoisotopic (exact) mass is 161 g/mol. The van der Waals surface area contributed by atoms with Crippen molar-refractivity contribution in [1.82, 2.24) is 9.78 Å². The highest BCUT2D eigenvalue weighted by Crippen LogP contribution is 2.11. The average molecular weight is 161 g/mol. The molecule has 11 heavy (non-hydrogen) atoms. The number of rotatable bonds is 2.